The van der Waals surface area contributed by atoms with Crippen LogP contribution >= 0.6 is 0 Å². The highest BCUT2D eigenvalue weighted by atomic mass is 16.5. The van der Waals surface area contributed by atoms with Crippen LogP contribution in [-0.4, -0.2) is 46.0 Å². The fourth-order valence-corrected chi connectivity index (χ4v) is 3.70. The molecule has 1 saturated carbocycles. The van der Waals surface area contributed by atoms with Gasteiger partial charge in [-0.25, -0.2) is 9.98 Å². The van der Waals surface area contributed by atoms with Crippen LogP contribution in [0.5, 0.6) is 0 Å². The standard InChI is InChI=1S/C15H26N6O/c1-5-16-14(17-8-11-18-9-19-21(11)4)20-12-10-6-7-22-13(10)15(12,2)3/h9-10,12-13H,5-8H2,1-4H3,(H2,16,17,20). The van der Waals surface area contributed by atoms with Gasteiger partial charge in [-0.3, -0.25) is 4.68 Å². The third kappa shape index (κ3) is 2.58. The lowest BCUT2D eigenvalue weighted by Gasteiger charge is -2.54. The molecule has 1 aromatic rings. The number of hydrogen-bond acceptors (Lipinski definition) is 4. The Morgan fingerprint density at radius 1 is 1.55 bits per heavy atom. The molecule has 7 heteroatoms. The van der Waals surface area contributed by atoms with E-state index in [1.807, 2.05) is 7.05 Å². The van der Waals surface area contributed by atoms with Crippen LogP contribution in [0.3, 0.4) is 0 Å². The fraction of sp³-hybridized carbons (Fsp3) is 0.800. The number of rotatable bonds is 4. The van der Waals surface area contributed by atoms with Crippen molar-refractivity contribution in [3.05, 3.63) is 12.2 Å². The average molecular weight is 306 g/mol. The van der Waals surface area contributed by atoms with Crippen molar-refractivity contribution in [3.8, 4) is 0 Å². The van der Waals surface area contributed by atoms with Gasteiger partial charge in [0, 0.05) is 37.6 Å². The number of hydrogen-bond donors (Lipinski definition) is 2. The number of aliphatic imine (C=N–C) groups is 1. The molecule has 3 rings (SSSR count). The molecule has 0 bridgehead atoms. The molecule has 0 spiro atoms. The number of aryl methyl sites for hydroxylation is 1. The first-order chi connectivity index (χ1) is 10.5. The maximum atomic E-state index is 5.85. The van der Waals surface area contributed by atoms with Crippen molar-refractivity contribution in [2.45, 2.75) is 45.9 Å². The summed E-state index contributed by atoms with van der Waals surface area (Å²) < 4.78 is 7.60. The molecule has 1 aliphatic heterocycles. The van der Waals surface area contributed by atoms with Crippen molar-refractivity contribution in [1.29, 1.82) is 0 Å². The average Bonchev–Trinajstić information content (AvgIpc) is 3.09. The molecule has 2 N–H and O–H groups in total. The second-order valence-corrected chi connectivity index (χ2v) is 6.68. The number of guanidine groups is 1. The van der Waals surface area contributed by atoms with E-state index in [9.17, 15) is 0 Å². The molecule has 2 aliphatic rings. The van der Waals surface area contributed by atoms with Crippen molar-refractivity contribution < 1.29 is 4.74 Å². The molecule has 22 heavy (non-hydrogen) atoms. The highest BCUT2D eigenvalue weighted by molar-refractivity contribution is 5.80. The van der Waals surface area contributed by atoms with Crippen molar-refractivity contribution in [1.82, 2.24) is 25.4 Å². The van der Waals surface area contributed by atoms with Crippen molar-refractivity contribution >= 4 is 5.96 Å². The monoisotopic (exact) mass is 306 g/mol. The van der Waals surface area contributed by atoms with Crippen LogP contribution in [0, 0.1) is 11.3 Å². The van der Waals surface area contributed by atoms with Gasteiger partial charge in [-0.05, 0) is 13.3 Å². The van der Waals surface area contributed by atoms with E-state index in [0.29, 0.717) is 24.6 Å². The van der Waals surface area contributed by atoms with Gasteiger partial charge in [0.05, 0.1) is 6.10 Å². The Kier molecular flexibility index (Phi) is 4.08. The first kappa shape index (κ1) is 15.3. The van der Waals surface area contributed by atoms with E-state index >= 15 is 0 Å². The molecule has 3 atom stereocenters. The minimum Gasteiger partial charge on any atom is -0.377 e. The highest BCUT2D eigenvalue weighted by Crippen LogP contribution is 2.52. The SMILES string of the molecule is CCNC(=NCc1ncnn1C)NC1C2CCOC2C1(C)C. The van der Waals surface area contributed by atoms with E-state index in [0.717, 1.165) is 31.4 Å². The fourth-order valence-electron chi connectivity index (χ4n) is 3.70. The first-order valence-corrected chi connectivity index (χ1v) is 8.03. The lowest BCUT2D eigenvalue weighted by atomic mass is 9.57. The zero-order chi connectivity index (χ0) is 15.7. The Morgan fingerprint density at radius 2 is 2.36 bits per heavy atom. The summed E-state index contributed by atoms with van der Waals surface area (Å²) in [6.07, 6.45) is 3.07. The molecule has 0 radical (unpaired) electrons. The molecule has 7 nitrogen and oxygen atoms in total. The summed E-state index contributed by atoms with van der Waals surface area (Å²) in [7, 11) is 1.88. The lowest BCUT2D eigenvalue weighted by molar-refractivity contribution is -0.106. The Balaban J connectivity index is 1.68. The molecule has 0 aromatic carbocycles. The molecule has 1 aromatic heterocycles. The van der Waals surface area contributed by atoms with Crippen LogP contribution < -0.4 is 10.6 Å². The second kappa shape index (κ2) is 5.87. The van der Waals surface area contributed by atoms with E-state index in [-0.39, 0.29) is 5.41 Å². The minimum atomic E-state index is 0.141. The van der Waals surface area contributed by atoms with Crippen LogP contribution in [0.2, 0.25) is 0 Å². The highest BCUT2D eigenvalue weighted by Gasteiger charge is 2.59. The van der Waals surface area contributed by atoms with Crippen LogP contribution in [0.25, 0.3) is 0 Å². The summed E-state index contributed by atoms with van der Waals surface area (Å²) in [6.45, 7) is 8.84. The number of nitrogens with zero attached hydrogens (tertiary/aromatic N) is 4. The molecular formula is C15H26N6O. The second-order valence-electron chi connectivity index (χ2n) is 6.68. The molecular weight excluding hydrogens is 280 g/mol. The zero-order valence-electron chi connectivity index (χ0n) is 13.8. The molecule has 1 aliphatic carbocycles. The smallest absolute Gasteiger partial charge is 0.191 e. The number of aromatic nitrogens is 3. The van der Waals surface area contributed by atoms with Crippen LogP contribution in [0.4, 0.5) is 0 Å². The normalized spacial score (nSPS) is 29.8. The van der Waals surface area contributed by atoms with E-state index in [1.165, 1.54) is 0 Å². The largest absolute Gasteiger partial charge is 0.377 e. The van der Waals surface area contributed by atoms with Crippen LogP contribution in [0.15, 0.2) is 11.3 Å². The predicted octanol–water partition coefficient (Wildman–Crippen LogP) is 0.684. The Bertz CT molecular complexity index is 552. The third-order valence-corrected chi connectivity index (χ3v) is 4.92. The number of fused-ring (bicyclic) bond motifs is 1. The maximum absolute atomic E-state index is 5.85. The first-order valence-electron chi connectivity index (χ1n) is 8.03. The predicted molar refractivity (Wildman–Crippen MR) is 84.4 cm³/mol. The Labute approximate surface area is 131 Å². The van der Waals surface area contributed by atoms with Crippen molar-refractivity contribution in [2.75, 3.05) is 13.2 Å². The number of nitrogens with one attached hydrogen (secondary N) is 2. The molecule has 122 valence electrons. The van der Waals surface area contributed by atoms with E-state index in [2.05, 4.69) is 46.5 Å². The van der Waals surface area contributed by atoms with Gasteiger partial charge in [0.1, 0.15) is 18.7 Å². The van der Waals surface area contributed by atoms with Gasteiger partial charge in [0.2, 0.25) is 0 Å². The Morgan fingerprint density at radius 3 is 3.05 bits per heavy atom. The summed E-state index contributed by atoms with van der Waals surface area (Å²) in [5, 5.41) is 11.0. The van der Waals surface area contributed by atoms with Gasteiger partial charge in [0.15, 0.2) is 5.96 Å². The van der Waals surface area contributed by atoms with Crippen LogP contribution in [-0.2, 0) is 18.3 Å². The van der Waals surface area contributed by atoms with Gasteiger partial charge in [0.25, 0.3) is 0 Å². The molecule has 2 fully saturated rings. The van der Waals surface area contributed by atoms with Crippen molar-refractivity contribution in [3.63, 3.8) is 0 Å². The summed E-state index contributed by atoms with van der Waals surface area (Å²) >= 11 is 0. The van der Waals surface area contributed by atoms with Gasteiger partial charge in [-0.1, -0.05) is 13.8 Å². The van der Waals surface area contributed by atoms with E-state index in [1.54, 1.807) is 11.0 Å². The maximum Gasteiger partial charge on any atom is 0.191 e. The van der Waals surface area contributed by atoms with E-state index < -0.39 is 0 Å². The van der Waals surface area contributed by atoms with Gasteiger partial charge in [-0.15, -0.1) is 0 Å². The zero-order valence-corrected chi connectivity index (χ0v) is 13.8. The topological polar surface area (TPSA) is 76.4 Å². The summed E-state index contributed by atoms with van der Waals surface area (Å²) in [6, 6.07) is 0.400. The minimum absolute atomic E-state index is 0.141. The quantitative estimate of drug-likeness (QED) is 0.632. The lowest BCUT2D eigenvalue weighted by Crippen LogP contribution is -2.67. The molecule has 3 unspecified atom stereocenters. The number of ether oxygens (including phenoxy) is 1. The summed E-state index contributed by atoms with van der Waals surface area (Å²) in [5.41, 5.74) is 0.141. The Hall–Kier alpha value is -1.63. The van der Waals surface area contributed by atoms with E-state index in [4.69, 9.17) is 4.74 Å². The van der Waals surface area contributed by atoms with Gasteiger partial charge in [-0.2, -0.15) is 5.10 Å². The van der Waals surface area contributed by atoms with Gasteiger partial charge >= 0.3 is 0 Å². The van der Waals surface area contributed by atoms with Crippen LogP contribution in [0.1, 0.15) is 33.0 Å². The summed E-state index contributed by atoms with van der Waals surface area (Å²) in [5.74, 6) is 2.29. The third-order valence-electron chi connectivity index (χ3n) is 4.92. The summed E-state index contributed by atoms with van der Waals surface area (Å²) in [4.78, 5) is 8.86. The molecule has 0 amide bonds. The molecule has 2 heterocycles. The molecule has 1 saturated heterocycles. The van der Waals surface area contributed by atoms with Crippen molar-refractivity contribution in [2.24, 2.45) is 23.4 Å². The van der Waals surface area contributed by atoms with Gasteiger partial charge < -0.3 is 15.4 Å².